The van der Waals surface area contributed by atoms with Gasteiger partial charge in [0.1, 0.15) is 5.82 Å². The molecule has 0 radical (unpaired) electrons. The van der Waals surface area contributed by atoms with Gasteiger partial charge in [-0.3, -0.25) is 9.52 Å². The third kappa shape index (κ3) is 4.92. The van der Waals surface area contributed by atoms with Crippen LogP contribution in [-0.4, -0.2) is 42.8 Å². The van der Waals surface area contributed by atoms with Crippen LogP contribution in [0, 0.1) is 0 Å². The van der Waals surface area contributed by atoms with Crippen LogP contribution in [-0.2, 0) is 19.6 Å². The van der Waals surface area contributed by atoms with E-state index in [1.807, 2.05) is 4.72 Å². The van der Waals surface area contributed by atoms with Crippen LogP contribution in [0.2, 0.25) is 0 Å². The zero-order valence-electron chi connectivity index (χ0n) is 9.99. The van der Waals surface area contributed by atoms with Crippen LogP contribution in [0.4, 0.5) is 5.82 Å². The van der Waals surface area contributed by atoms with E-state index in [1.54, 1.807) is 6.92 Å². The number of hydrogen-bond donors (Lipinski definition) is 2. The number of aromatic carboxylic acids is 1. The minimum atomic E-state index is -3.98. The molecule has 0 aromatic carbocycles. The van der Waals surface area contributed by atoms with Crippen molar-refractivity contribution in [1.29, 1.82) is 0 Å². The van der Waals surface area contributed by atoms with E-state index in [2.05, 4.69) is 9.72 Å². The number of esters is 1. The summed E-state index contributed by atoms with van der Waals surface area (Å²) in [4.78, 5) is 25.4. The number of aromatic nitrogens is 1. The Morgan fingerprint density at radius 1 is 1.47 bits per heavy atom. The van der Waals surface area contributed by atoms with Gasteiger partial charge in [-0.1, -0.05) is 0 Å². The smallest absolute Gasteiger partial charge is 0.335 e. The Kier molecular flexibility index (Phi) is 4.81. The number of hydrogen-bond acceptors (Lipinski definition) is 6. The van der Waals surface area contributed by atoms with Crippen molar-refractivity contribution in [3.8, 4) is 0 Å². The highest BCUT2D eigenvalue weighted by molar-refractivity contribution is 7.93. The molecule has 104 valence electrons. The lowest BCUT2D eigenvalue weighted by atomic mass is 10.3. The summed E-state index contributed by atoms with van der Waals surface area (Å²) in [6, 6.07) is 2.26. The number of carboxylic acids is 1. The van der Waals surface area contributed by atoms with Gasteiger partial charge in [0, 0.05) is 6.20 Å². The Labute approximate surface area is 109 Å². The maximum Gasteiger partial charge on any atom is 0.335 e. The predicted molar refractivity (Wildman–Crippen MR) is 65.2 cm³/mol. The number of carboxylic acid groups (broad SMARTS) is 1. The van der Waals surface area contributed by atoms with E-state index < -0.39 is 27.7 Å². The third-order valence-corrected chi connectivity index (χ3v) is 3.02. The van der Waals surface area contributed by atoms with Gasteiger partial charge in [-0.05, 0) is 19.1 Å². The lowest BCUT2D eigenvalue weighted by molar-refractivity contribution is -0.139. The van der Waals surface area contributed by atoms with Crippen LogP contribution in [0.3, 0.4) is 0 Å². The molecule has 1 heterocycles. The zero-order chi connectivity index (χ0) is 14.5. The number of carbonyl (C=O) groups is 2. The van der Waals surface area contributed by atoms with Gasteiger partial charge in [0.25, 0.3) is 0 Å². The van der Waals surface area contributed by atoms with Crippen LogP contribution in [0.1, 0.15) is 17.3 Å². The molecule has 0 amide bonds. The van der Waals surface area contributed by atoms with Gasteiger partial charge in [-0.25, -0.2) is 18.2 Å². The molecule has 0 fully saturated rings. The van der Waals surface area contributed by atoms with Gasteiger partial charge < -0.3 is 9.84 Å². The molecule has 0 unspecified atom stereocenters. The molecule has 8 nitrogen and oxygen atoms in total. The summed E-state index contributed by atoms with van der Waals surface area (Å²) in [6.45, 7) is 1.62. The van der Waals surface area contributed by atoms with Crippen molar-refractivity contribution < 1.29 is 27.9 Å². The first-order chi connectivity index (χ1) is 8.84. The number of pyridine rings is 1. The zero-order valence-corrected chi connectivity index (χ0v) is 10.8. The summed E-state index contributed by atoms with van der Waals surface area (Å²) >= 11 is 0. The fourth-order valence-electron chi connectivity index (χ4n) is 1.17. The fourth-order valence-corrected chi connectivity index (χ4v) is 2.07. The molecule has 9 heteroatoms. The molecule has 0 saturated heterocycles. The molecule has 0 bridgehead atoms. The number of sulfonamides is 1. The molecule has 0 atom stereocenters. The Morgan fingerprint density at radius 2 is 2.16 bits per heavy atom. The van der Waals surface area contributed by atoms with Crippen molar-refractivity contribution >= 4 is 27.8 Å². The summed E-state index contributed by atoms with van der Waals surface area (Å²) in [6.07, 6.45) is 1.14. The number of carbonyl (C=O) groups excluding carboxylic acids is 1. The minimum Gasteiger partial charge on any atom is -0.478 e. The quantitative estimate of drug-likeness (QED) is 0.711. The number of ether oxygens (including phenoxy) is 1. The molecule has 0 aliphatic rings. The number of nitrogens with zero attached hydrogens (tertiary/aromatic N) is 1. The van der Waals surface area contributed by atoms with Gasteiger partial charge in [0.05, 0.1) is 12.2 Å². The lowest BCUT2D eigenvalue weighted by Gasteiger charge is -2.07. The van der Waals surface area contributed by atoms with E-state index in [9.17, 15) is 18.0 Å². The van der Waals surface area contributed by atoms with Crippen molar-refractivity contribution in [1.82, 2.24) is 4.98 Å². The van der Waals surface area contributed by atoms with Crippen molar-refractivity contribution in [2.45, 2.75) is 6.92 Å². The second-order valence-electron chi connectivity index (χ2n) is 3.40. The van der Waals surface area contributed by atoms with E-state index in [-0.39, 0.29) is 18.0 Å². The summed E-state index contributed by atoms with van der Waals surface area (Å²) in [5, 5.41) is 8.74. The van der Waals surface area contributed by atoms with Gasteiger partial charge >= 0.3 is 11.9 Å². The largest absolute Gasteiger partial charge is 0.478 e. The predicted octanol–water partition coefficient (Wildman–Crippen LogP) is 0.0846. The second-order valence-corrected chi connectivity index (χ2v) is 5.12. The van der Waals surface area contributed by atoms with Crippen molar-refractivity contribution in [2.24, 2.45) is 0 Å². The molecule has 19 heavy (non-hydrogen) atoms. The Hall–Kier alpha value is -2.16. The number of rotatable bonds is 6. The molecule has 1 aromatic heterocycles. The van der Waals surface area contributed by atoms with Gasteiger partial charge in [0.15, 0.2) is 5.75 Å². The van der Waals surface area contributed by atoms with E-state index in [0.29, 0.717) is 0 Å². The molecular weight excluding hydrogens is 276 g/mol. The van der Waals surface area contributed by atoms with Crippen LogP contribution < -0.4 is 4.72 Å². The Balaban J connectivity index is 2.81. The van der Waals surface area contributed by atoms with E-state index >= 15 is 0 Å². The highest BCUT2D eigenvalue weighted by atomic mass is 32.2. The summed E-state index contributed by atoms with van der Waals surface area (Å²) < 4.78 is 29.6. The number of nitrogens with one attached hydrogen (secondary N) is 1. The topological polar surface area (TPSA) is 123 Å². The SMILES string of the molecule is CCOC(=O)CS(=O)(=O)Nc1cc(C(=O)O)ccn1. The molecule has 0 aliphatic carbocycles. The van der Waals surface area contributed by atoms with Gasteiger partial charge in [-0.2, -0.15) is 0 Å². The monoisotopic (exact) mass is 288 g/mol. The lowest BCUT2D eigenvalue weighted by Crippen LogP contribution is -2.24. The molecule has 1 rings (SSSR count). The summed E-state index contributed by atoms with van der Waals surface area (Å²) in [7, 11) is -3.98. The van der Waals surface area contributed by atoms with Crippen molar-refractivity contribution in [3.05, 3.63) is 23.9 Å². The first-order valence-corrected chi connectivity index (χ1v) is 6.84. The first-order valence-electron chi connectivity index (χ1n) is 5.19. The van der Waals surface area contributed by atoms with Gasteiger partial charge in [-0.15, -0.1) is 0 Å². The van der Waals surface area contributed by atoms with Crippen LogP contribution in [0.15, 0.2) is 18.3 Å². The van der Waals surface area contributed by atoms with E-state index in [0.717, 1.165) is 12.3 Å². The van der Waals surface area contributed by atoms with Crippen LogP contribution in [0.5, 0.6) is 0 Å². The molecule has 1 aromatic rings. The maximum atomic E-state index is 11.6. The van der Waals surface area contributed by atoms with E-state index in [4.69, 9.17) is 5.11 Å². The summed E-state index contributed by atoms with van der Waals surface area (Å²) in [5.41, 5.74) is -0.121. The second kappa shape index (κ2) is 6.14. The number of anilines is 1. The third-order valence-electron chi connectivity index (χ3n) is 1.88. The standard InChI is InChI=1S/C10H12N2O6S/c1-2-18-9(13)6-19(16,17)12-8-5-7(10(14)15)3-4-11-8/h3-5H,2,6H2,1H3,(H,11,12)(H,14,15). The molecule has 0 saturated carbocycles. The summed E-state index contributed by atoms with van der Waals surface area (Å²) in [5.74, 6) is -3.15. The highest BCUT2D eigenvalue weighted by Crippen LogP contribution is 2.09. The maximum absolute atomic E-state index is 11.6. The first kappa shape index (κ1) is 14.9. The Bertz CT molecular complexity index is 583. The molecular formula is C10H12N2O6S. The molecule has 0 aliphatic heterocycles. The minimum absolute atomic E-state index is 0.0705. The average molecular weight is 288 g/mol. The Morgan fingerprint density at radius 3 is 2.74 bits per heavy atom. The van der Waals surface area contributed by atoms with Crippen molar-refractivity contribution in [2.75, 3.05) is 17.1 Å². The van der Waals surface area contributed by atoms with Crippen LogP contribution in [0.25, 0.3) is 0 Å². The highest BCUT2D eigenvalue weighted by Gasteiger charge is 2.18. The average Bonchev–Trinajstić information content (AvgIpc) is 2.27. The molecule has 0 spiro atoms. The fraction of sp³-hybridized carbons (Fsp3) is 0.300. The van der Waals surface area contributed by atoms with Gasteiger partial charge in [0.2, 0.25) is 10.0 Å². The normalized spacial score (nSPS) is 10.8. The van der Waals surface area contributed by atoms with Crippen LogP contribution >= 0.6 is 0 Å². The molecule has 2 N–H and O–H groups in total. The van der Waals surface area contributed by atoms with E-state index in [1.165, 1.54) is 6.07 Å². The van der Waals surface area contributed by atoms with Crippen molar-refractivity contribution in [3.63, 3.8) is 0 Å².